The molecular weight excluding hydrogens is 528 g/mol. The largest absolute Gasteiger partial charge is 0.496 e. The van der Waals surface area contributed by atoms with E-state index < -0.39 is 10.0 Å². The number of piperidine rings is 1. The molecule has 0 spiro atoms. The van der Waals surface area contributed by atoms with Crippen molar-refractivity contribution in [3.8, 4) is 5.75 Å². The van der Waals surface area contributed by atoms with Crippen LogP contribution in [0.2, 0.25) is 0 Å². The first-order valence-corrected chi connectivity index (χ1v) is 13.8. The Morgan fingerprint density at radius 2 is 1.71 bits per heavy atom. The van der Waals surface area contributed by atoms with Crippen molar-refractivity contribution in [2.24, 2.45) is 5.92 Å². The molecule has 0 radical (unpaired) electrons. The molecule has 1 aliphatic heterocycles. The molecule has 3 aromatic rings. The molecule has 184 valence electrons. The lowest BCUT2D eigenvalue weighted by molar-refractivity contribution is 0.101. The Hall–Kier alpha value is -2.68. The van der Waals surface area contributed by atoms with Crippen LogP contribution in [0, 0.1) is 5.92 Å². The Balaban J connectivity index is 1.31. The molecule has 8 heteroatoms. The van der Waals surface area contributed by atoms with E-state index in [1.807, 2.05) is 18.2 Å². The molecular formula is C27H29BrN2O4S. The van der Waals surface area contributed by atoms with Gasteiger partial charge in [0.25, 0.3) is 0 Å². The fourth-order valence-corrected chi connectivity index (χ4v) is 6.33. The molecule has 0 atom stereocenters. The Morgan fingerprint density at radius 3 is 2.34 bits per heavy atom. The molecule has 1 fully saturated rings. The van der Waals surface area contributed by atoms with Gasteiger partial charge in [-0.05, 0) is 89.1 Å². The number of anilines is 1. The summed E-state index contributed by atoms with van der Waals surface area (Å²) in [6.45, 7) is 1.16. The summed E-state index contributed by atoms with van der Waals surface area (Å²) in [5.74, 6) is 1.08. The summed E-state index contributed by atoms with van der Waals surface area (Å²) in [4.78, 5) is 12.8. The highest BCUT2D eigenvalue weighted by atomic mass is 79.9. The van der Waals surface area contributed by atoms with Crippen molar-refractivity contribution >= 4 is 37.4 Å². The minimum absolute atomic E-state index is 0.0802. The zero-order valence-electron chi connectivity index (χ0n) is 19.6. The number of nitrogens with zero attached hydrogens (tertiary/aromatic N) is 1. The zero-order chi connectivity index (χ0) is 24.8. The Bertz CT molecular complexity index is 1260. The first-order valence-electron chi connectivity index (χ1n) is 11.6. The molecule has 1 N–H and O–H groups in total. The smallest absolute Gasteiger partial charge is 0.243 e. The van der Waals surface area contributed by atoms with Gasteiger partial charge in [-0.2, -0.15) is 4.31 Å². The van der Waals surface area contributed by atoms with Gasteiger partial charge in [0.15, 0.2) is 5.78 Å². The van der Waals surface area contributed by atoms with E-state index in [4.69, 9.17) is 4.74 Å². The molecule has 1 saturated heterocycles. The van der Waals surface area contributed by atoms with Crippen molar-refractivity contribution in [3.63, 3.8) is 0 Å². The average molecular weight is 558 g/mol. The SMILES string of the molecule is COc1ccc(C(=O)CNc2ccc(S(=O)(=O)N3CCC(Cc4ccccc4)CC3)cc2)cc1Br. The molecule has 4 rings (SSSR count). The van der Waals surface area contributed by atoms with Crippen molar-refractivity contribution in [1.82, 2.24) is 4.31 Å². The summed E-state index contributed by atoms with van der Waals surface area (Å²) in [6.07, 6.45) is 2.70. The minimum atomic E-state index is -3.54. The van der Waals surface area contributed by atoms with Crippen LogP contribution in [0.5, 0.6) is 5.75 Å². The van der Waals surface area contributed by atoms with Crippen LogP contribution in [0.1, 0.15) is 28.8 Å². The molecule has 0 aromatic heterocycles. The zero-order valence-corrected chi connectivity index (χ0v) is 22.0. The van der Waals surface area contributed by atoms with Gasteiger partial charge in [-0.25, -0.2) is 8.42 Å². The van der Waals surface area contributed by atoms with Crippen LogP contribution in [-0.4, -0.2) is 45.3 Å². The molecule has 35 heavy (non-hydrogen) atoms. The topological polar surface area (TPSA) is 75.7 Å². The number of halogens is 1. The van der Waals surface area contributed by atoms with Crippen LogP contribution >= 0.6 is 15.9 Å². The predicted molar refractivity (Wildman–Crippen MR) is 142 cm³/mol. The van der Waals surface area contributed by atoms with Crippen LogP contribution in [0.4, 0.5) is 5.69 Å². The number of methoxy groups -OCH3 is 1. The van der Waals surface area contributed by atoms with E-state index in [0.29, 0.717) is 40.5 Å². The normalized spacial score (nSPS) is 15.0. The predicted octanol–water partition coefficient (Wildman–Crippen LogP) is 5.40. The van der Waals surface area contributed by atoms with Crippen LogP contribution in [-0.2, 0) is 16.4 Å². The number of ketones is 1. The third kappa shape index (κ3) is 6.31. The van der Waals surface area contributed by atoms with Crippen LogP contribution in [0.15, 0.2) is 82.2 Å². The Kier molecular flexibility index (Phi) is 8.26. The molecule has 1 aliphatic rings. The number of rotatable bonds is 9. The van der Waals surface area contributed by atoms with Gasteiger partial charge in [-0.15, -0.1) is 0 Å². The highest BCUT2D eigenvalue weighted by Gasteiger charge is 2.29. The molecule has 0 unspecified atom stereocenters. The number of ether oxygens (including phenoxy) is 1. The third-order valence-corrected chi connectivity index (χ3v) is 8.89. The van der Waals surface area contributed by atoms with E-state index in [1.54, 1.807) is 53.9 Å². The second-order valence-corrected chi connectivity index (χ2v) is 11.5. The first kappa shape index (κ1) is 25.4. The second-order valence-electron chi connectivity index (χ2n) is 8.69. The van der Waals surface area contributed by atoms with E-state index in [2.05, 4.69) is 33.4 Å². The fourth-order valence-electron chi connectivity index (χ4n) is 4.32. The molecule has 0 bridgehead atoms. The summed E-state index contributed by atoms with van der Waals surface area (Å²) in [7, 11) is -1.97. The number of hydrogen-bond acceptors (Lipinski definition) is 5. The quantitative estimate of drug-likeness (QED) is 0.357. The standard InChI is InChI=1S/C27H29BrN2O4S/c1-34-27-12-7-22(18-25(27)28)26(31)19-29-23-8-10-24(11-9-23)35(32,33)30-15-13-21(14-16-30)17-20-5-3-2-4-6-20/h2-12,18,21,29H,13-17,19H2,1H3. The van der Waals surface area contributed by atoms with Crippen LogP contribution in [0.25, 0.3) is 0 Å². The molecule has 1 heterocycles. The van der Waals surface area contributed by atoms with Gasteiger partial charge >= 0.3 is 0 Å². The van der Waals surface area contributed by atoms with Gasteiger partial charge in [0, 0.05) is 24.3 Å². The lowest BCUT2D eigenvalue weighted by Gasteiger charge is -2.31. The lowest BCUT2D eigenvalue weighted by atomic mass is 9.91. The van der Waals surface area contributed by atoms with Crippen molar-refractivity contribution in [3.05, 3.63) is 88.4 Å². The summed E-state index contributed by atoms with van der Waals surface area (Å²) in [5.41, 5.74) is 2.54. The van der Waals surface area contributed by atoms with E-state index in [0.717, 1.165) is 19.3 Å². The summed E-state index contributed by atoms with van der Waals surface area (Å²) >= 11 is 3.39. The maximum Gasteiger partial charge on any atom is 0.243 e. The molecule has 3 aromatic carbocycles. The van der Waals surface area contributed by atoms with Crippen molar-refractivity contribution in [2.75, 3.05) is 32.1 Å². The third-order valence-electron chi connectivity index (χ3n) is 6.36. The number of nitrogens with one attached hydrogen (secondary N) is 1. The van der Waals surface area contributed by atoms with Crippen LogP contribution < -0.4 is 10.1 Å². The highest BCUT2D eigenvalue weighted by Crippen LogP contribution is 2.27. The van der Waals surface area contributed by atoms with Gasteiger partial charge in [0.1, 0.15) is 5.75 Å². The second kappa shape index (κ2) is 11.4. The molecule has 6 nitrogen and oxygen atoms in total. The number of carbonyl (C=O) groups is 1. The summed E-state index contributed by atoms with van der Waals surface area (Å²) in [5, 5.41) is 3.07. The van der Waals surface area contributed by atoms with E-state index in [-0.39, 0.29) is 17.2 Å². The average Bonchev–Trinajstić information content (AvgIpc) is 2.88. The number of carbonyl (C=O) groups excluding carboxylic acids is 1. The van der Waals surface area contributed by atoms with Gasteiger partial charge < -0.3 is 10.1 Å². The molecule has 0 saturated carbocycles. The maximum absolute atomic E-state index is 13.1. The van der Waals surface area contributed by atoms with Gasteiger partial charge in [0.05, 0.1) is 23.0 Å². The van der Waals surface area contributed by atoms with E-state index >= 15 is 0 Å². The maximum atomic E-state index is 13.1. The number of benzene rings is 3. The van der Waals surface area contributed by atoms with Crippen molar-refractivity contribution in [2.45, 2.75) is 24.2 Å². The van der Waals surface area contributed by atoms with Crippen LogP contribution in [0.3, 0.4) is 0 Å². The molecule has 0 aliphatic carbocycles. The Morgan fingerprint density at radius 1 is 1.03 bits per heavy atom. The number of Topliss-reactive ketones (excluding diaryl/α,β-unsaturated/α-hetero) is 1. The first-order chi connectivity index (χ1) is 16.9. The van der Waals surface area contributed by atoms with E-state index in [1.165, 1.54) is 5.56 Å². The van der Waals surface area contributed by atoms with E-state index in [9.17, 15) is 13.2 Å². The van der Waals surface area contributed by atoms with Gasteiger partial charge in [0.2, 0.25) is 10.0 Å². The lowest BCUT2D eigenvalue weighted by Crippen LogP contribution is -2.38. The number of hydrogen-bond donors (Lipinski definition) is 1. The van der Waals surface area contributed by atoms with Crippen molar-refractivity contribution < 1.29 is 17.9 Å². The minimum Gasteiger partial charge on any atom is -0.496 e. The summed E-state index contributed by atoms with van der Waals surface area (Å²) < 4.78 is 33.8. The fraction of sp³-hybridized carbons (Fsp3) is 0.296. The Labute approximate surface area is 215 Å². The number of sulfonamides is 1. The van der Waals surface area contributed by atoms with Gasteiger partial charge in [-0.3, -0.25) is 4.79 Å². The van der Waals surface area contributed by atoms with Crippen molar-refractivity contribution in [1.29, 1.82) is 0 Å². The summed E-state index contributed by atoms with van der Waals surface area (Å²) in [6, 6.07) is 22.1. The van der Waals surface area contributed by atoms with Gasteiger partial charge in [-0.1, -0.05) is 30.3 Å². The monoisotopic (exact) mass is 556 g/mol. The highest BCUT2D eigenvalue weighted by molar-refractivity contribution is 9.10. The molecule has 0 amide bonds.